The van der Waals surface area contributed by atoms with E-state index in [2.05, 4.69) is 32.4 Å². The van der Waals surface area contributed by atoms with Crippen LogP contribution in [0.1, 0.15) is 50.4 Å². The number of nitrogens with one attached hydrogen (secondary N) is 3. The first-order valence-corrected chi connectivity index (χ1v) is 19.1. The van der Waals surface area contributed by atoms with Crippen molar-refractivity contribution in [2.75, 3.05) is 59.8 Å². The van der Waals surface area contributed by atoms with Crippen LogP contribution in [0.5, 0.6) is 5.75 Å². The molecule has 59 heavy (non-hydrogen) atoms. The molecule has 14 nitrogen and oxygen atoms in total. The van der Waals surface area contributed by atoms with Crippen LogP contribution in [0.3, 0.4) is 0 Å². The van der Waals surface area contributed by atoms with Gasteiger partial charge < -0.3 is 25.2 Å². The summed E-state index contributed by atoms with van der Waals surface area (Å²) in [5.74, 6) is -1.96. The topological polar surface area (TPSA) is 163 Å². The molecule has 0 saturated carbocycles. The highest BCUT2D eigenvalue weighted by Crippen LogP contribution is 2.40. The highest BCUT2D eigenvalue weighted by Gasteiger charge is 2.51. The predicted molar refractivity (Wildman–Crippen MR) is 214 cm³/mol. The molecule has 310 valence electrons. The minimum Gasteiger partial charge on any atom is -0.492 e. The number of rotatable bonds is 12. The van der Waals surface area contributed by atoms with E-state index in [1.165, 1.54) is 18.2 Å². The van der Waals surface area contributed by atoms with Crippen LogP contribution in [0.15, 0.2) is 60.9 Å². The smallest absolute Gasteiger partial charge is 0.419 e. The van der Waals surface area contributed by atoms with Crippen molar-refractivity contribution in [1.82, 2.24) is 20.1 Å². The fourth-order valence-electron chi connectivity index (χ4n) is 7.11. The quantitative estimate of drug-likeness (QED) is 0.0976. The van der Waals surface area contributed by atoms with Gasteiger partial charge in [-0.3, -0.25) is 34.3 Å². The Labute approximate surface area is 342 Å². The Bertz CT molecular complexity index is 2250. The molecule has 3 aromatic rings. The fourth-order valence-corrected chi connectivity index (χ4v) is 7.63. The van der Waals surface area contributed by atoms with E-state index in [-0.39, 0.29) is 46.6 Å². The number of hydrogen-bond acceptors (Lipinski definition) is 11. The highest BCUT2D eigenvalue weighted by atomic mass is 32.1. The summed E-state index contributed by atoms with van der Waals surface area (Å²) in [4.78, 5) is 60.6. The number of nitriles is 1. The molecule has 3 fully saturated rings. The molecule has 4 heterocycles. The molecule has 1 atom stereocenters. The lowest BCUT2D eigenvalue weighted by molar-refractivity contribution is -0.138. The molecule has 3 aliphatic rings. The van der Waals surface area contributed by atoms with Crippen molar-refractivity contribution in [2.24, 2.45) is 0 Å². The number of anilines is 4. The Hall–Kier alpha value is -6.13. The molecule has 1 aromatic heterocycles. The zero-order valence-corrected chi connectivity index (χ0v) is 33.2. The van der Waals surface area contributed by atoms with Crippen LogP contribution in [-0.2, 0) is 31.8 Å². The fraction of sp³-hybridized carbons (Fsp3) is 0.375. The minimum absolute atomic E-state index is 0.0444. The number of amides is 4. The standard InChI is InChI=1S/C40H41F4N9O5S/c1-5-24-16-28(53-38(59)52(37(57)39(53,3)4)29-20-30(40(42,43)44)32(21-45)46-22-29)6-8-33(24)58-15-14-50-10-12-51(13-11-50)23(2)35(55)48-27-18-25(41)17-26(19-27)47-31-7-9-34(54)49-36(31)56/h6,8,16-20,22,31,47H,2,5,7,9-15H2,1,3-4H3,(H,48,55)(H,49,54,56)/t31-/m0/s1. The first-order chi connectivity index (χ1) is 27.9. The van der Waals surface area contributed by atoms with Gasteiger partial charge in [0.1, 0.15) is 35.8 Å². The molecule has 0 radical (unpaired) electrons. The summed E-state index contributed by atoms with van der Waals surface area (Å²) < 4.78 is 61.8. The number of aromatic nitrogens is 1. The summed E-state index contributed by atoms with van der Waals surface area (Å²) in [5, 5.41) is 16.9. The molecule has 4 amide bonds. The highest BCUT2D eigenvalue weighted by molar-refractivity contribution is 7.81. The van der Waals surface area contributed by atoms with E-state index in [1.54, 1.807) is 30.9 Å². The van der Waals surface area contributed by atoms with Crippen molar-refractivity contribution in [3.8, 4) is 11.8 Å². The van der Waals surface area contributed by atoms with Crippen LogP contribution in [0, 0.1) is 17.1 Å². The first kappa shape index (κ1) is 42.5. The lowest BCUT2D eigenvalue weighted by atomic mass is 10.0. The SMILES string of the molecule is C=C(C(=O)Nc1cc(F)cc(N[C@H]2CCC(=O)NC2=O)c1)N1CCN(CCOc2ccc(N3C(=S)N(c4cnc(C#N)c(C(F)(F)F)c4)C(=O)C3(C)C)cc2CC)CC1. The Kier molecular flexibility index (Phi) is 12.2. The molecule has 0 unspecified atom stereocenters. The molecule has 0 aliphatic carbocycles. The number of piperidine rings is 1. The van der Waals surface area contributed by atoms with Gasteiger partial charge in [0.25, 0.3) is 11.8 Å². The minimum atomic E-state index is -4.87. The van der Waals surface area contributed by atoms with E-state index in [0.717, 1.165) is 22.7 Å². The number of nitrogens with zero attached hydrogens (tertiary/aromatic N) is 6. The maximum atomic E-state index is 14.5. The van der Waals surface area contributed by atoms with Crippen LogP contribution >= 0.6 is 12.2 Å². The van der Waals surface area contributed by atoms with E-state index >= 15 is 0 Å². The van der Waals surface area contributed by atoms with Gasteiger partial charge in [-0.2, -0.15) is 18.4 Å². The number of hydrogen-bond donors (Lipinski definition) is 3. The summed E-state index contributed by atoms with van der Waals surface area (Å²) in [5.41, 5.74) is -1.54. The van der Waals surface area contributed by atoms with Crippen LogP contribution in [0.2, 0.25) is 0 Å². The van der Waals surface area contributed by atoms with Crippen LogP contribution in [-0.4, -0.2) is 94.4 Å². The molecule has 19 heteroatoms. The van der Waals surface area contributed by atoms with Gasteiger partial charge in [0.2, 0.25) is 11.8 Å². The summed E-state index contributed by atoms with van der Waals surface area (Å²) in [6, 6.07) is 10.6. The number of halogens is 4. The summed E-state index contributed by atoms with van der Waals surface area (Å²) >= 11 is 5.67. The monoisotopic (exact) mass is 835 g/mol. The maximum Gasteiger partial charge on any atom is 0.419 e. The third-order valence-corrected chi connectivity index (χ3v) is 10.7. The summed E-state index contributed by atoms with van der Waals surface area (Å²) in [6.07, 6.45) is -2.87. The second-order valence-electron chi connectivity index (χ2n) is 14.6. The van der Waals surface area contributed by atoms with Crippen molar-refractivity contribution < 1.29 is 41.5 Å². The molecular weight excluding hydrogens is 795 g/mol. The van der Waals surface area contributed by atoms with Crippen LogP contribution < -0.4 is 30.5 Å². The van der Waals surface area contributed by atoms with Crippen LogP contribution in [0.4, 0.5) is 40.3 Å². The van der Waals surface area contributed by atoms with Crippen LogP contribution in [0.25, 0.3) is 0 Å². The number of imide groups is 1. The van der Waals surface area contributed by atoms with Gasteiger partial charge in [-0.15, -0.1) is 0 Å². The lowest BCUT2D eigenvalue weighted by Crippen LogP contribution is -2.48. The number of carbonyl (C=O) groups is 4. The molecule has 0 bridgehead atoms. The number of ether oxygens (including phenoxy) is 1. The number of piperazine rings is 1. The average molecular weight is 836 g/mol. The molecular formula is C40H41F4N9O5S. The Morgan fingerprint density at radius 2 is 1.80 bits per heavy atom. The number of benzene rings is 2. The zero-order chi connectivity index (χ0) is 42.8. The van der Waals surface area contributed by atoms with Crippen molar-refractivity contribution in [3.63, 3.8) is 0 Å². The second-order valence-corrected chi connectivity index (χ2v) is 15.0. The van der Waals surface area contributed by atoms with E-state index in [9.17, 15) is 36.7 Å². The molecule has 0 spiro atoms. The molecule has 3 saturated heterocycles. The van der Waals surface area contributed by atoms with E-state index < -0.39 is 52.6 Å². The zero-order valence-electron chi connectivity index (χ0n) is 32.4. The lowest BCUT2D eigenvalue weighted by Gasteiger charge is -2.36. The Morgan fingerprint density at radius 1 is 1.08 bits per heavy atom. The van der Waals surface area contributed by atoms with Gasteiger partial charge in [-0.1, -0.05) is 13.5 Å². The van der Waals surface area contributed by atoms with Gasteiger partial charge in [-0.05, 0) is 86.9 Å². The number of pyridine rings is 1. The summed E-state index contributed by atoms with van der Waals surface area (Å²) in [7, 11) is 0. The molecule has 3 N–H and O–H groups in total. The second kappa shape index (κ2) is 17.0. The normalized spacial score (nSPS) is 18.4. The average Bonchev–Trinajstić information content (AvgIpc) is 3.36. The van der Waals surface area contributed by atoms with Gasteiger partial charge in [0.15, 0.2) is 10.8 Å². The van der Waals surface area contributed by atoms with Crippen molar-refractivity contribution in [2.45, 2.75) is 57.8 Å². The molecule has 2 aromatic carbocycles. The largest absolute Gasteiger partial charge is 0.492 e. The number of aryl methyl sites for hydroxylation is 1. The first-order valence-electron chi connectivity index (χ1n) is 18.7. The Balaban J connectivity index is 1.02. The predicted octanol–water partition coefficient (Wildman–Crippen LogP) is 4.96. The van der Waals surface area contributed by atoms with E-state index in [1.807, 2.05) is 17.9 Å². The number of carbonyl (C=O) groups excluding carboxylic acids is 4. The number of thiocarbonyl (C=S) groups is 1. The van der Waals surface area contributed by atoms with Gasteiger partial charge >= 0.3 is 6.18 Å². The molecule has 3 aliphatic heterocycles. The van der Waals surface area contributed by atoms with Gasteiger partial charge in [0, 0.05) is 56.2 Å². The third-order valence-electron chi connectivity index (χ3n) is 10.3. The van der Waals surface area contributed by atoms with Gasteiger partial charge in [-0.25, -0.2) is 9.37 Å². The van der Waals surface area contributed by atoms with Crippen molar-refractivity contribution >= 4 is 63.7 Å². The van der Waals surface area contributed by atoms with E-state index in [0.29, 0.717) is 63.3 Å². The summed E-state index contributed by atoms with van der Waals surface area (Å²) in [6.45, 7) is 12.3. The third kappa shape index (κ3) is 9.13. The van der Waals surface area contributed by atoms with Crippen molar-refractivity contribution in [1.29, 1.82) is 5.26 Å². The van der Waals surface area contributed by atoms with Gasteiger partial charge in [0.05, 0.1) is 23.1 Å². The number of alkyl halides is 3. The van der Waals surface area contributed by atoms with E-state index in [4.69, 9.17) is 22.2 Å². The van der Waals surface area contributed by atoms with Crippen molar-refractivity contribution in [3.05, 3.63) is 83.6 Å². The maximum absolute atomic E-state index is 14.5. The molecule has 6 rings (SSSR count). The Morgan fingerprint density at radius 3 is 2.46 bits per heavy atom.